The zero-order valence-electron chi connectivity index (χ0n) is 22.4. The number of allylic oxidation sites excluding steroid dienone is 1. The molecule has 9 nitrogen and oxygen atoms in total. The van der Waals surface area contributed by atoms with E-state index in [1.807, 2.05) is 13.1 Å². The Morgan fingerprint density at radius 3 is 2.59 bits per heavy atom. The lowest BCUT2D eigenvalue weighted by Gasteiger charge is -2.35. The average molecular weight is 604 g/mol. The van der Waals surface area contributed by atoms with Crippen LogP contribution in [0.3, 0.4) is 0 Å². The van der Waals surface area contributed by atoms with Gasteiger partial charge in [0.05, 0.1) is 36.4 Å². The predicted octanol–water partition coefficient (Wildman–Crippen LogP) is 5.55. The highest BCUT2D eigenvalue weighted by Gasteiger charge is 2.38. The number of carboxylic acids is 1. The Balaban J connectivity index is 1.44. The monoisotopic (exact) mass is 603 g/mol. The maximum atomic E-state index is 14.5. The predicted molar refractivity (Wildman–Crippen MR) is 149 cm³/mol. The molecule has 1 aliphatic heterocycles. The fraction of sp³-hybridized carbons (Fsp3) is 0.393. The van der Waals surface area contributed by atoms with Crippen LogP contribution >= 0.6 is 22.9 Å². The topological polar surface area (TPSA) is 119 Å². The van der Waals surface area contributed by atoms with Crippen LogP contribution in [-0.2, 0) is 20.9 Å². The van der Waals surface area contributed by atoms with E-state index in [9.17, 15) is 23.5 Å². The summed E-state index contributed by atoms with van der Waals surface area (Å²) >= 11 is 7.52. The molecule has 1 aliphatic carbocycles. The van der Waals surface area contributed by atoms with Crippen LogP contribution in [0.15, 0.2) is 46.2 Å². The molecule has 1 fully saturated rings. The first-order chi connectivity index (χ1) is 19.7. The number of benzene rings is 1. The number of carboxylic acid groups (broad SMARTS) is 1. The van der Waals surface area contributed by atoms with Crippen LogP contribution in [0, 0.1) is 24.5 Å². The maximum Gasteiger partial charge on any atom is 0.335 e. The number of halogens is 3. The summed E-state index contributed by atoms with van der Waals surface area (Å²) in [7, 11) is 1.35. The van der Waals surface area contributed by atoms with E-state index in [1.165, 1.54) is 24.5 Å². The van der Waals surface area contributed by atoms with Crippen LogP contribution in [0.2, 0.25) is 5.02 Å². The van der Waals surface area contributed by atoms with Crippen molar-refractivity contribution in [3.05, 3.63) is 79.7 Å². The third-order valence-corrected chi connectivity index (χ3v) is 8.80. The minimum atomic E-state index is -1.25. The number of aliphatic imine (C=N–C) groups is 1. The summed E-state index contributed by atoms with van der Waals surface area (Å²) < 4.78 is 34.8. The molecule has 1 aromatic carbocycles. The first-order valence-corrected chi connectivity index (χ1v) is 14.4. The molecule has 2 aromatic heterocycles. The molecule has 216 valence electrons. The van der Waals surface area contributed by atoms with Crippen LogP contribution < -0.4 is 5.32 Å². The van der Waals surface area contributed by atoms with Gasteiger partial charge in [0.15, 0.2) is 22.5 Å². The lowest BCUT2D eigenvalue weighted by Crippen LogP contribution is -2.37. The lowest BCUT2D eigenvalue weighted by atomic mass is 9.76. The smallest absolute Gasteiger partial charge is 0.335 e. The molecule has 0 spiro atoms. The Morgan fingerprint density at radius 2 is 1.93 bits per heavy atom. The van der Waals surface area contributed by atoms with Crippen LogP contribution in [0.1, 0.15) is 65.9 Å². The van der Waals surface area contributed by atoms with E-state index < -0.39 is 28.7 Å². The molecule has 2 aliphatic rings. The van der Waals surface area contributed by atoms with Crippen LogP contribution in [-0.4, -0.2) is 44.8 Å². The number of rotatable bonds is 8. The molecule has 3 heterocycles. The third-order valence-electron chi connectivity index (χ3n) is 7.63. The van der Waals surface area contributed by atoms with Gasteiger partial charge >= 0.3 is 11.9 Å². The quantitative estimate of drug-likeness (QED) is 0.256. The molecule has 13 heteroatoms. The fourth-order valence-corrected chi connectivity index (χ4v) is 6.44. The van der Waals surface area contributed by atoms with Gasteiger partial charge in [0.1, 0.15) is 6.04 Å². The standard InChI is InChI=1S/C28H28ClF2N5O4S/c1-14-18(13-36(35-14)11-9-20(37)40-2)15-3-5-16(6-4-15)24-21(28(38)39)25(17-7-8-19(30)23(31)22(17)29)34-26(33-24)27-32-10-12-41-27/h7-8,10,12-13,15-16,25H,3-6,9,11H2,1-2H3,(H,33,34)(H,38,39). The number of methoxy groups -OCH3 is 1. The molecule has 0 saturated heterocycles. The Bertz CT molecular complexity index is 1530. The number of carbonyl (C=O) groups is 2. The van der Waals surface area contributed by atoms with Crippen LogP contribution in [0.25, 0.3) is 0 Å². The van der Waals surface area contributed by atoms with Gasteiger partial charge in [-0.2, -0.15) is 5.10 Å². The van der Waals surface area contributed by atoms with E-state index in [4.69, 9.17) is 16.3 Å². The molecule has 5 rings (SSSR count). The third kappa shape index (κ3) is 5.89. The van der Waals surface area contributed by atoms with Gasteiger partial charge in [-0.3, -0.25) is 14.5 Å². The molecule has 0 amide bonds. The van der Waals surface area contributed by atoms with Gasteiger partial charge in [-0.1, -0.05) is 17.7 Å². The Hall–Kier alpha value is -3.64. The Kier molecular flexibility index (Phi) is 8.50. The number of carbonyl (C=O) groups excluding carboxylic acids is 1. The number of hydrogen-bond acceptors (Lipinski definition) is 8. The SMILES string of the molecule is COC(=O)CCn1cc(C2CCC(C3=C(C(=O)O)C(c4ccc(F)c(F)c4Cl)N=C(c4nccs4)N3)CC2)c(C)n1. The zero-order valence-corrected chi connectivity index (χ0v) is 23.9. The summed E-state index contributed by atoms with van der Waals surface area (Å²) in [5, 5.41) is 19.9. The van der Waals surface area contributed by atoms with Crippen molar-refractivity contribution in [2.45, 2.75) is 57.5 Å². The Morgan fingerprint density at radius 1 is 1.20 bits per heavy atom. The van der Waals surface area contributed by atoms with E-state index in [0.717, 1.165) is 30.2 Å². The molecule has 3 aromatic rings. The number of aryl methyl sites for hydroxylation is 2. The average Bonchev–Trinajstić information content (AvgIpc) is 3.64. The van der Waals surface area contributed by atoms with Gasteiger partial charge in [-0.25, -0.2) is 18.6 Å². The van der Waals surface area contributed by atoms with Crippen molar-refractivity contribution in [3.63, 3.8) is 0 Å². The first-order valence-electron chi connectivity index (χ1n) is 13.1. The molecule has 1 saturated carbocycles. The number of esters is 1. The molecule has 1 atom stereocenters. The molecular weight excluding hydrogens is 576 g/mol. The van der Waals surface area contributed by atoms with Gasteiger partial charge in [0.25, 0.3) is 0 Å². The van der Waals surface area contributed by atoms with E-state index in [2.05, 4.69) is 20.4 Å². The summed E-state index contributed by atoms with van der Waals surface area (Å²) in [5.74, 6) is -3.46. The minimum Gasteiger partial charge on any atom is -0.478 e. The highest BCUT2D eigenvalue weighted by atomic mass is 35.5. The van der Waals surface area contributed by atoms with Crippen LogP contribution in [0.5, 0.6) is 0 Å². The van der Waals surface area contributed by atoms with Gasteiger partial charge < -0.3 is 15.2 Å². The van der Waals surface area contributed by atoms with Gasteiger partial charge in [0, 0.05) is 29.0 Å². The number of amidine groups is 1. The molecule has 0 radical (unpaired) electrons. The minimum absolute atomic E-state index is 0.0477. The molecular formula is C28H28ClF2N5O4S. The number of aromatic nitrogens is 3. The number of hydrogen-bond donors (Lipinski definition) is 2. The van der Waals surface area contributed by atoms with E-state index >= 15 is 0 Å². The van der Waals surface area contributed by atoms with Crippen molar-refractivity contribution in [1.29, 1.82) is 0 Å². The van der Waals surface area contributed by atoms with Crippen molar-refractivity contribution >= 4 is 40.7 Å². The second-order valence-electron chi connectivity index (χ2n) is 10.0. The van der Waals surface area contributed by atoms with Crippen molar-refractivity contribution in [2.75, 3.05) is 7.11 Å². The van der Waals surface area contributed by atoms with Crippen LogP contribution in [0.4, 0.5) is 8.78 Å². The van der Waals surface area contributed by atoms with Crippen molar-refractivity contribution in [1.82, 2.24) is 20.1 Å². The van der Waals surface area contributed by atoms with Crippen molar-refractivity contribution in [3.8, 4) is 0 Å². The van der Waals surface area contributed by atoms with E-state index in [1.54, 1.807) is 16.3 Å². The van der Waals surface area contributed by atoms with Crippen molar-refractivity contribution < 1.29 is 28.2 Å². The maximum absolute atomic E-state index is 14.5. The molecule has 1 unspecified atom stereocenters. The highest BCUT2D eigenvalue weighted by Crippen LogP contribution is 2.44. The molecule has 0 bridgehead atoms. The second-order valence-corrected chi connectivity index (χ2v) is 11.3. The van der Waals surface area contributed by atoms with Gasteiger partial charge in [0.2, 0.25) is 0 Å². The molecule has 41 heavy (non-hydrogen) atoms. The Labute approximate surface area is 243 Å². The summed E-state index contributed by atoms with van der Waals surface area (Å²) in [6.07, 6.45) is 6.74. The summed E-state index contributed by atoms with van der Waals surface area (Å²) in [6, 6.07) is 1.05. The largest absolute Gasteiger partial charge is 0.478 e. The van der Waals surface area contributed by atoms with Gasteiger partial charge in [-0.05, 0) is 56.1 Å². The highest BCUT2D eigenvalue weighted by molar-refractivity contribution is 7.11. The summed E-state index contributed by atoms with van der Waals surface area (Å²) in [5.41, 5.74) is 2.50. The van der Waals surface area contributed by atoms with Crippen molar-refractivity contribution in [2.24, 2.45) is 10.9 Å². The summed E-state index contributed by atoms with van der Waals surface area (Å²) in [4.78, 5) is 33.1. The zero-order chi connectivity index (χ0) is 29.3. The van der Waals surface area contributed by atoms with E-state index in [-0.39, 0.29) is 35.4 Å². The van der Waals surface area contributed by atoms with E-state index in [0.29, 0.717) is 35.9 Å². The first kappa shape index (κ1) is 28.9. The van der Waals surface area contributed by atoms with Gasteiger partial charge in [-0.15, -0.1) is 11.3 Å². The lowest BCUT2D eigenvalue weighted by molar-refractivity contribution is -0.141. The fourth-order valence-electron chi connectivity index (χ4n) is 5.60. The number of thiazole rings is 1. The number of ether oxygens (including phenoxy) is 1. The summed E-state index contributed by atoms with van der Waals surface area (Å²) in [6.45, 7) is 2.37. The number of nitrogens with zero attached hydrogens (tertiary/aromatic N) is 4. The number of aliphatic carboxylic acids is 1. The molecule has 2 N–H and O–H groups in total. The normalized spacial score (nSPS) is 20.9. The number of nitrogens with one attached hydrogen (secondary N) is 1. The second kappa shape index (κ2) is 12.1.